The number of rotatable bonds is 2. The van der Waals surface area contributed by atoms with Crippen molar-refractivity contribution in [2.24, 2.45) is 0 Å². The highest BCUT2D eigenvalue weighted by atomic mass is 32.2. The average molecular weight is 269 g/mol. The van der Waals surface area contributed by atoms with Gasteiger partial charge in [-0.3, -0.25) is 4.79 Å². The smallest absolute Gasteiger partial charge is 0.327 e. The Labute approximate surface area is 108 Å². The molecule has 1 atom stereocenters. The molecule has 1 heterocycles. The van der Waals surface area contributed by atoms with Gasteiger partial charge in [0.2, 0.25) is 0 Å². The number of carbonyl (C=O) groups is 2. The largest absolute Gasteiger partial charge is 0.480 e. The average Bonchev–Trinajstić information content (AvgIpc) is 2.81. The minimum absolute atomic E-state index is 0.0660. The summed E-state index contributed by atoms with van der Waals surface area (Å²) in [4.78, 5) is 24.3. The second kappa shape index (κ2) is 4.97. The molecule has 1 amide bonds. The highest BCUT2D eigenvalue weighted by molar-refractivity contribution is 7.99. The summed E-state index contributed by atoms with van der Waals surface area (Å²) in [7, 11) is 0. The first-order chi connectivity index (χ1) is 8.52. The molecule has 1 fully saturated rings. The predicted octanol–water partition coefficient (Wildman–Crippen LogP) is 1.73. The summed E-state index contributed by atoms with van der Waals surface area (Å²) in [6, 6.07) is 3.67. The molecule has 1 aliphatic heterocycles. The fourth-order valence-corrected chi connectivity index (χ4v) is 2.96. The summed E-state index contributed by atoms with van der Waals surface area (Å²) < 4.78 is 13.8. The zero-order chi connectivity index (χ0) is 13.3. The number of nitrogens with zero attached hydrogens (tertiary/aromatic N) is 1. The molecule has 2 rings (SSSR count). The monoisotopic (exact) mass is 269 g/mol. The van der Waals surface area contributed by atoms with E-state index in [1.54, 1.807) is 19.1 Å². The van der Waals surface area contributed by atoms with Gasteiger partial charge >= 0.3 is 5.97 Å². The lowest BCUT2D eigenvalue weighted by Crippen LogP contribution is -2.42. The Morgan fingerprint density at radius 3 is 2.89 bits per heavy atom. The molecule has 1 N–H and O–H groups in total. The fourth-order valence-electron chi connectivity index (χ4n) is 1.81. The van der Waals surface area contributed by atoms with Crippen LogP contribution in [0.4, 0.5) is 4.39 Å². The number of halogens is 1. The molecule has 1 aliphatic rings. The molecular weight excluding hydrogens is 257 g/mol. The minimum Gasteiger partial charge on any atom is -0.480 e. The fraction of sp³-hybridized carbons (Fsp3) is 0.333. The second-order valence-electron chi connectivity index (χ2n) is 4.07. The van der Waals surface area contributed by atoms with E-state index in [2.05, 4.69) is 0 Å². The highest BCUT2D eigenvalue weighted by Gasteiger charge is 2.35. The molecule has 18 heavy (non-hydrogen) atoms. The lowest BCUT2D eigenvalue weighted by Gasteiger charge is -2.20. The third-order valence-electron chi connectivity index (χ3n) is 2.85. The number of carboxylic acids is 1. The van der Waals surface area contributed by atoms with Crippen molar-refractivity contribution in [1.82, 2.24) is 4.90 Å². The lowest BCUT2D eigenvalue weighted by atomic mass is 10.1. The molecule has 96 valence electrons. The van der Waals surface area contributed by atoms with Crippen LogP contribution in [0.5, 0.6) is 0 Å². The van der Waals surface area contributed by atoms with E-state index < -0.39 is 23.7 Å². The summed E-state index contributed by atoms with van der Waals surface area (Å²) in [5, 5.41) is 9.00. The van der Waals surface area contributed by atoms with Gasteiger partial charge in [0.1, 0.15) is 11.9 Å². The van der Waals surface area contributed by atoms with Crippen molar-refractivity contribution in [3.05, 3.63) is 35.1 Å². The molecule has 1 saturated heterocycles. The first-order valence-corrected chi connectivity index (χ1v) is 6.54. The number of hydrogen-bond acceptors (Lipinski definition) is 3. The van der Waals surface area contributed by atoms with E-state index in [4.69, 9.17) is 5.11 Å². The molecule has 4 nitrogen and oxygen atoms in total. The van der Waals surface area contributed by atoms with Gasteiger partial charge in [0.25, 0.3) is 5.91 Å². The van der Waals surface area contributed by atoms with Crippen LogP contribution in [0.3, 0.4) is 0 Å². The van der Waals surface area contributed by atoms with E-state index >= 15 is 0 Å². The van der Waals surface area contributed by atoms with E-state index in [-0.39, 0.29) is 11.4 Å². The van der Waals surface area contributed by atoms with Crippen LogP contribution in [0.1, 0.15) is 15.9 Å². The molecule has 0 radical (unpaired) electrons. The minimum atomic E-state index is -1.05. The molecule has 0 spiro atoms. The van der Waals surface area contributed by atoms with Crippen LogP contribution in [0, 0.1) is 12.7 Å². The molecule has 1 unspecified atom stereocenters. The highest BCUT2D eigenvalue weighted by Crippen LogP contribution is 2.24. The molecule has 0 bridgehead atoms. The first-order valence-electron chi connectivity index (χ1n) is 5.39. The Morgan fingerprint density at radius 1 is 1.50 bits per heavy atom. The van der Waals surface area contributed by atoms with Gasteiger partial charge in [0.05, 0.1) is 11.4 Å². The Morgan fingerprint density at radius 2 is 2.22 bits per heavy atom. The normalized spacial score (nSPS) is 19.0. The maximum absolute atomic E-state index is 13.8. The van der Waals surface area contributed by atoms with Crippen molar-refractivity contribution >= 4 is 23.6 Å². The summed E-state index contributed by atoms with van der Waals surface area (Å²) in [5.41, 5.74) is 0.309. The van der Waals surface area contributed by atoms with Crippen molar-refractivity contribution in [3.8, 4) is 0 Å². The number of carbonyl (C=O) groups excluding carboxylic acids is 1. The topological polar surface area (TPSA) is 57.6 Å². The van der Waals surface area contributed by atoms with Gasteiger partial charge in [-0.2, -0.15) is 0 Å². The molecule has 6 heteroatoms. The lowest BCUT2D eigenvalue weighted by molar-refractivity contribution is -0.140. The Balaban J connectivity index is 2.31. The van der Waals surface area contributed by atoms with Gasteiger partial charge in [0, 0.05) is 5.75 Å². The van der Waals surface area contributed by atoms with Crippen LogP contribution in [0.25, 0.3) is 0 Å². The van der Waals surface area contributed by atoms with Crippen molar-refractivity contribution in [3.63, 3.8) is 0 Å². The molecule has 1 aromatic rings. The summed E-state index contributed by atoms with van der Waals surface area (Å²) in [5.74, 6) is -1.57. The summed E-state index contributed by atoms with van der Waals surface area (Å²) in [6.07, 6.45) is 0. The van der Waals surface area contributed by atoms with Gasteiger partial charge < -0.3 is 10.0 Å². The maximum atomic E-state index is 13.8. The number of thioether (sulfide) groups is 1. The van der Waals surface area contributed by atoms with Gasteiger partial charge in [-0.05, 0) is 18.6 Å². The number of hydrogen-bond donors (Lipinski definition) is 1. The van der Waals surface area contributed by atoms with E-state index in [1.165, 1.54) is 22.7 Å². The van der Waals surface area contributed by atoms with Gasteiger partial charge in [-0.1, -0.05) is 12.1 Å². The van der Waals surface area contributed by atoms with Gasteiger partial charge in [0.15, 0.2) is 0 Å². The van der Waals surface area contributed by atoms with E-state index in [0.717, 1.165) is 0 Å². The molecule has 1 aromatic carbocycles. The van der Waals surface area contributed by atoms with Crippen molar-refractivity contribution < 1.29 is 19.1 Å². The molecule has 0 aromatic heterocycles. The van der Waals surface area contributed by atoms with Crippen LogP contribution in [-0.4, -0.2) is 39.6 Å². The van der Waals surface area contributed by atoms with Gasteiger partial charge in [-0.15, -0.1) is 11.8 Å². The third-order valence-corrected chi connectivity index (χ3v) is 3.86. The zero-order valence-corrected chi connectivity index (χ0v) is 10.5. The Kier molecular flexibility index (Phi) is 3.56. The summed E-state index contributed by atoms with van der Waals surface area (Å²) in [6.45, 7) is 1.57. The number of aliphatic carboxylic acids is 1. The predicted molar refractivity (Wildman–Crippen MR) is 66.1 cm³/mol. The zero-order valence-electron chi connectivity index (χ0n) is 9.72. The van der Waals surface area contributed by atoms with Crippen LogP contribution in [0.15, 0.2) is 18.2 Å². The first kappa shape index (κ1) is 12.9. The van der Waals surface area contributed by atoms with E-state index in [9.17, 15) is 14.0 Å². The molecular formula is C12H12FNO3S. The Bertz CT molecular complexity index is 506. The number of amides is 1. The van der Waals surface area contributed by atoms with E-state index in [1.807, 2.05) is 0 Å². The third kappa shape index (κ3) is 2.20. The van der Waals surface area contributed by atoms with E-state index in [0.29, 0.717) is 11.3 Å². The number of aryl methyl sites for hydroxylation is 1. The maximum Gasteiger partial charge on any atom is 0.327 e. The molecule has 0 saturated carbocycles. The number of benzene rings is 1. The molecule has 0 aliphatic carbocycles. The number of carboxylic acid groups (broad SMARTS) is 1. The Hall–Kier alpha value is -1.56. The van der Waals surface area contributed by atoms with Crippen LogP contribution in [0.2, 0.25) is 0 Å². The van der Waals surface area contributed by atoms with Crippen molar-refractivity contribution in [2.45, 2.75) is 13.0 Å². The van der Waals surface area contributed by atoms with Crippen molar-refractivity contribution in [2.75, 3.05) is 11.6 Å². The van der Waals surface area contributed by atoms with Crippen LogP contribution < -0.4 is 0 Å². The van der Waals surface area contributed by atoms with Crippen LogP contribution >= 0.6 is 11.8 Å². The quantitative estimate of drug-likeness (QED) is 0.888. The SMILES string of the molecule is Cc1cccc(C(=O)N2CSCC2C(=O)O)c1F. The van der Waals surface area contributed by atoms with Gasteiger partial charge in [-0.25, -0.2) is 9.18 Å². The standard InChI is InChI=1S/C12H12FNO3S/c1-7-3-2-4-8(10(7)13)11(15)14-6-18-5-9(14)12(16)17/h2-4,9H,5-6H2,1H3,(H,16,17). The van der Waals surface area contributed by atoms with Crippen molar-refractivity contribution in [1.29, 1.82) is 0 Å². The summed E-state index contributed by atoms with van der Waals surface area (Å²) >= 11 is 1.35. The van der Waals surface area contributed by atoms with Crippen LogP contribution in [-0.2, 0) is 4.79 Å². The second-order valence-corrected chi connectivity index (χ2v) is 5.07.